The van der Waals surface area contributed by atoms with Gasteiger partial charge in [0, 0.05) is 11.4 Å². The molecule has 0 aliphatic carbocycles. The molecule has 0 aliphatic heterocycles. The molecule has 2 heterocycles. The molecule has 2 aromatic heterocycles. The minimum absolute atomic E-state index is 0.296. The SMILES string of the molecule is CCNc1nc(Oc2ccc(F)cc2)c2cc(C)sc2n1. The number of benzene rings is 1. The van der Waals surface area contributed by atoms with E-state index >= 15 is 0 Å². The van der Waals surface area contributed by atoms with Crippen molar-refractivity contribution in [3.63, 3.8) is 0 Å². The van der Waals surface area contributed by atoms with Crippen LogP contribution in [0.15, 0.2) is 30.3 Å². The van der Waals surface area contributed by atoms with Crippen molar-refractivity contribution in [3.05, 3.63) is 41.0 Å². The number of halogens is 1. The predicted octanol–water partition coefficient (Wildman–Crippen LogP) is 4.36. The van der Waals surface area contributed by atoms with Crippen LogP contribution in [0.25, 0.3) is 10.2 Å². The Bertz CT molecular complexity index is 770. The Balaban J connectivity index is 2.04. The zero-order valence-corrected chi connectivity index (χ0v) is 12.5. The second kappa shape index (κ2) is 5.65. The fourth-order valence-electron chi connectivity index (χ4n) is 1.95. The molecular formula is C15H14FN3OS. The molecule has 0 saturated carbocycles. The molecule has 3 aromatic rings. The van der Waals surface area contributed by atoms with Crippen molar-refractivity contribution in [2.75, 3.05) is 11.9 Å². The number of ether oxygens (including phenoxy) is 1. The van der Waals surface area contributed by atoms with E-state index in [0.717, 1.165) is 21.6 Å². The molecule has 0 bridgehead atoms. The van der Waals surface area contributed by atoms with Gasteiger partial charge in [0.25, 0.3) is 0 Å². The number of aromatic nitrogens is 2. The van der Waals surface area contributed by atoms with Gasteiger partial charge in [0.05, 0.1) is 5.39 Å². The fraction of sp³-hybridized carbons (Fsp3) is 0.200. The van der Waals surface area contributed by atoms with E-state index in [0.29, 0.717) is 17.6 Å². The molecule has 4 nitrogen and oxygen atoms in total. The van der Waals surface area contributed by atoms with Crippen LogP contribution in [-0.4, -0.2) is 16.5 Å². The molecule has 0 fully saturated rings. The minimum atomic E-state index is -0.296. The van der Waals surface area contributed by atoms with Crippen LogP contribution in [0.1, 0.15) is 11.8 Å². The molecule has 6 heteroatoms. The second-order valence-corrected chi connectivity index (χ2v) is 5.75. The third-order valence-electron chi connectivity index (χ3n) is 2.84. The molecule has 1 N–H and O–H groups in total. The lowest BCUT2D eigenvalue weighted by Crippen LogP contribution is -2.02. The Kier molecular flexibility index (Phi) is 3.70. The van der Waals surface area contributed by atoms with Crippen molar-refractivity contribution >= 4 is 27.5 Å². The Morgan fingerprint density at radius 1 is 1.24 bits per heavy atom. The first-order valence-electron chi connectivity index (χ1n) is 6.61. The Labute approximate surface area is 125 Å². The summed E-state index contributed by atoms with van der Waals surface area (Å²) in [4.78, 5) is 10.9. The van der Waals surface area contributed by atoms with E-state index in [2.05, 4.69) is 15.3 Å². The van der Waals surface area contributed by atoms with E-state index in [-0.39, 0.29) is 5.82 Å². The van der Waals surface area contributed by atoms with Crippen LogP contribution < -0.4 is 10.1 Å². The summed E-state index contributed by atoms with van der Waals surface area (Å²) in [6.45, 7) is 4.72. The van der Waals surface area contributed by atoms with Gasteiger partial charge in [-0.3, -0.25) is 0 Å². The highest BCUT2D eigenvalue weighted by molar-refractivity contribution is 7.18. The third kappa shape index (κ3) is 2.95. The normalized spacial score (nSPS) is 10.8. The summed E-state index contributed by atoms with van der Waals surface area (Å²) in [5.74, 6) is 1.26. The molecule has 0 aliphatic rings. The molecule has 0 radical (unpaired) electrons. The number of thiophene rings is 1. The van der Waals surface area contributed by atoms with Gasteiger partial charge in [0.2, 0.25) is 11.8 Å². The summed E-state index contributed by atoms with van der Waals surface area (Å²) in [6.07, 6.45) is 0. The molecule has 0 saturated heterocycles. The maximum atomic E-state index is 13.0. The van der Waals surface area contributed by atoms with E-state index in [4.69, 9.17) is 4.74 Å². The average Bonchev–Trinajstić information content (AvgIpc) is 2.82. The monoisotopic (exact) mass is 303 g/mol. The summed E-state index contributed by atoms with van der Waals surface area (Å²) in [7, 11) is 0. The van der Waals surface area contributed by atoms with Crippen LogP contribution in [0.4, 0.5) is 10.3 Å². The first-order chi connectivity index (χ1) is 10.2. The van der Waals surface area contributed by atoms with Crippen LogP contribution in [0.5, 0.6) is 11.6 Å². The van der Waals surface area contributed by atoms with E-state index in [1.54, 1.807) is 23.5 Å². The van der Waals surface area contributed by atoms with Crippen molar-refractivity contribution in [1.29, 1.82) is 0 Å². The van der Waals surface area contributed by atoms with Gasteiger partial charge in [-0.1, -0.05) is 0 Å². The van der Waals surface area contributed by atoms with Crippen molar-refractivity contribution in [2.24, 2.45) is 0 Å². The van der Waals surface area contributed by atoms with Gasteiger partial charge in [-0.05, 0) is 44.2 Å². The average molecular weight is 303 g/mol. The highest BCUT2D eigenvalue weighted by atomic mass is 32.1. The van der Waals surface area contributed by atoms with Gasteiger partial charge in [0.15, 0.2) is 0 Å². The molecule has 0 amide bonds. The second-order valence-electron chi connectivity index (χ2n) is 4.51. The number of rotatable bonds is 4. The van der Waals surface area contributed by atoms with E-state index < -0.39 is 0 Å². The third-order valence-corrected chi connectivity index (χ3v) is 3.79. The molecular weight excluding hydrogens is 289 g/mol. The van der Waals surface area contributed by atoms with Gasteiger partial charge in [-0.25, -0.2) is 9.37 Å². The van der Waals surface area contributed by atoms with Crippen LogP contribution in [0.2, 0.25) is 0 Å². The Morgan fingerprint density at radius 2 is 2.00 bits per heavy atom. The molecule has 21 heavy (non-hydrogen) atoms. The van der Waals surface area contributed by atoms with Gasteiger partial charge < -0.3 is 10.1 Å². The van der Waals surface area contributed by atoms with Crippen LogP contribution in [-0.2, 0) is 0 Å². The zero-order chi connectivity index (χ0) is 14.8. The van der Waals surface area contributed by atoms with Crippen LogP contribution in [0, 0.1) is 12.7 Å². The quantitative estimate of drug-likeness (QED) is 0.778. The minimum Gasteiger partial charge on any atom is -0.438 e. The maximum absolute atomic E-state index is 13.0. The molecule has 0 spiro atoms. The molecule has 0 atom stereocenters. The van der Waals surface area contributed by atoms with Crippen molar-refractivity contribution in [2.45, 2.75) is 13.8 Å². The number of nitrogens with zero attached hydrogens (tertiary/aromatic N) is 2. The molecule has 3 rings (SSSR count). The van der Waals surface area contributed by atoms with Crippen molar-refractivity contribution in [1.82, 2.24) is 9.97 Å². The number of fused-ring (bicyclic) bond motifs is 1. The Hall–Kier alpha value is -2.21. The largest absolute Gasteiger partial charge is 0.438 e. The lowest BCUT2D eigenvalue weighted by Gasteiger charge is -2.08. The number of hydrogen-bond acceptors (Lipinski definition) is 5. The lowest BCUT2D eigenvalue weighted by molar-refractivity contribution is 0.467. The highest BCUT2D eigenvalue weighted by Crippen LogP contribution is 2.33. The number of nitrogens with one attached hydrogen (secondary N) is 1. The van der Waals surface area contributed by atoms with E-state index in [1.165, 1.54) is 12.1 Å². The highest BCUT2D eigenvalue weighted by Gasteiger charge is 2.12. The van der Waals surface area contributed by atoms with Gasteiger partial charge in [-0.15, -0.1) is 11.3 Å². The summed E-state index contributed by atoms with van der Waals surface area (Å²) < 4.78 is 18.8. The van der Waals surface area contributed by atoms with E-state index in [1.807, 2.05) is 19.9 Å². The van der Waals surface area contributed by atoms with Crippen molar-refractivity contribution < 1.29 is 9.13 Å². The topological polar surface area (TPSA) is 47.0 Å². The Morgan fingerprint density at radius 3 is 2.71 bits per heavy atom. The first-order valence-corrected chi connectivity index (χ1v) is 7.43. The fourth-order valence-corrected chi connectivity index (χ4v) is 2.82. The van der Waals surface area contributed by atoms with Gasteiger partial charge in [0.1, 0.15) is 16.4 Å². The number of hydrogen-bond donors (Lipinski definition) is 1. The molecule has 108 valence electrons. The van der Waals surface area contributed by atoms with E-state index in [9.17, 15) is 4.39 Å². The smallest absolute Gasteiger partial charge is 0.232 e. The zero-order valence-electron chi connectivity index (χ0n) is 11.7. The molecule has 1 aromatic carbocycles. The van der Waals surface area contributed by atoms with Gasteiger partial charge in [-0.2, -0.15) is 4.98 Å². The molecule has 0 unspecified atom stereocenters. The predicted molar refractivity (Wildman–Crippen MR) is 82.8 cm³/mol. The summed E-state index contributed by atoms with van der Waals surface area (Å²) in [5, 5.41) is 3.95. The summed E-state index contributed by atoms with van der Waals surface area (Å²) >= 11 is 1.59. The van der Waals surface area contributed by atoms with Gasteiger partial charge >= 0.3 is 0 Å². The van der Waals surface area contributed by atoms with Crippen LogP contribution in [0.3, 0.4) is 0 Å². The summed E-state index contributed by atoms with van der Waals surface area (Å²) in [5.41, 5.74) is 0. The maximum Gasteiger partial charge on any atom is 0.232 e. The first kappa shape index (κ1) is 13.8. The number of anilines is 1. The lowest BCUT2D eigenvalue weighted by atomic mass is 10.3. The van der Waals surface area contributed by atoms with Crippen molar-refractivity contribution in [3.8, 4) is 11.6 Å². The van der Waals surface area contributed by atoms with Crippen LogP contribution >= 0.6 is 11.3 Å². The number of aryl methyl sites for hydroxylation is 1. The standard InChI is InChI=1S/C15H14FN3OS/c1-3-17-15-18-13(12-8-9(2)21-14(12)19-15)20-11-6-4-10(16)5-7-11/h4-8H,3H2,1-2H3,(H,17,18,19). The summed E-state index contributed by atoms with van der Waals surface area (Å²) in [6, 6.07) is 7.87.